The summed E-state index contributed by atoms with van der Waals surface area (Å²) < 4.78 is 0. The maximum absolute atomic E-state index is 12.3. The van der Waals surface area contributed by atoms with E-state index in [-0.39, 0.29) is 11.0 Å². The van der Waals surface area contributed by atoms with Gasteiger partial charge < -0.3 is 10.3 Å². The van der Waals surface area contributed by atoms with Gasteiger partial charge in [-0.3, -0.25) is 9.59 Å². The minimum Gasteiger partial charge on any atom is -0.360 e. The molecule has 0 aliphatic rings. The Morgan fingerprint density at radius 1 is 1.35 bits per heavy atom. The fraction of sp³-hybridized carbons (Fsp3) is 0.0667. The highest BCUT2D eigenvalue weighted by atomic mass is 32.2. The largest absolute Gasteiger partial charge is 0.360 e. The maximum Gasteiger partial charge on any atom is 0.261 e. The molecule has 5 heteroatoms. The van der Waals surface area contributed by atoms with E-state index < -0.39 is 5.91 Å². The number of thioether (sulfide) groups is 1. The van der Waals surface area contributed by atoms with E-state index in [0.29, 0.717) is 16.3 Å². The Morgan fingerprint density at radius 2 is 2.05 bits per heavy atom. The molecule has 20 heavy (non-hydrogen) atoms. The van der Waals surface area contributed by atoms with Gasteiger partial charge in [0.1, 0.15) is 5.56 Å². The van der Waals surface area contributed by atoms with Crippen LogP contribution in [0.4, 0.5) is 5.69 Å². The van der Waals surface area contributed by atoms with E-state index in [2.05, 4.69) is 16.9 Å². The van der Waals surface area contributed by atoms with Crippen molar-refractivity contribution in [1.29, 1.82) is 0 Å². The molecule has 0 bridgehead atoms. The van der Waals surface area contributed by atoms with Crippen molar-refractivity contribution >= 4 is 29.4 Å². The summed E-state index contributed by atoms with van der Waals surface area (Å²) in [5, 5.41) is 2.69. The average Bonchev–Trinajstić information content (AvgIpc) is 2.47. The number of pyridine rings is 1. The number of benzene rings is 1. The van der Waals surface area contributed by atoms with Crippen LogP contribution in [0.5, 0.6) is 0 Å². The van der Waals surface area contributed by atoms with Crippen molar-refractivity contribution in [2.75, 3.05) is 11.6 Å². The minimum absolute atomic E-state index is 0.0869. The van der Waals surface area contributed by atoms with Gasteiger partial charge in [-0.05, 0) is 24.5 Å². The molecule has 0 aliphatic heterocycles. The van der Waals surface area contributed by atoms with Crippen molar-refractivity contribution < 1.29 is 4.79 Å². The van der Waals surface area contributed by atoms with Crippen molar-refractivity contribution in [3.05, 3.63) is 64.6 Å². The molecule has 0 saturated heterocycles. The quantitative estimate of drug-likeness (QED) is 0.849. The molecular weight excluding hydrogens is 272 g/mol. The summed E-state index contributed by atoms with van der Waals surface area (Å²) >= 11 is 1.29. The Morgan fingerprint density at radius 3 is 2.65 bits per heavy atom. The molecule has 1 aromatic carbocycles. The molecule has 1 aromatic heterocycles. The van der Waals surface area contributed by atoms with Crippen molar-refractivity contribution in [2.24, 2.45) is 0 Å². The summed E-state index contributed by atoms with van der Waals surface area (Å²) in [7, 11) is 0. The van der Waals surface area contributed by atoms with Gasteiger partial charge in [0.05, 0.1) is 10.6 Å². The van der Waals surface area contributed by atoms with Crippen LogP contribution >= 0.6 is 11.8 Å². The highest BCUT2D eigenvalue weighted by molar-refractivity contribution is 7.98. The zero-order valence-electron chi connectivity index (χ0n) is 11.0. The van der Waals surface area contributed by atoms with Crippen LogP contribution in [0.2, 0.25) is 0 Å². The molecule has 0 spiro atoms. The lowest BCUT2D eigenvalue weighted by Crippen LogP contribution is -2.23. The predicted molar refractivity (Wildman–Crippen MR) is 83.3 cm³/mol. The van der Waals surface area contributed by atoms with Crippen LogP contribution in [-0.4, -0.2) is 17.1 Å². The van der Waals surface area contributed by atoms with Gasteiger partial charge in [0.2, 0.25) is 5.43 Å². The van der Waals surface area contributed by atoms with Crippen LogP contribution in [0.15, 0.2) is 52.8 Å². The lowest BCUT2D eigenvalue weighted by Gasteiger charge is -2.07. The van der Waals surface area contributed by atoms with Crippen molar-refractivity contribution in [2.45, 2.75) is 4.90 Å². The molecule has 0 atom stereocenters. The van der Waals surface area contributed by atoms with Crippen LogP contribution in [0, 0.1) is 0 Å². The van der Waals surface area contributed by atoms with E-state index in [9.17, 15) is 9.59 Å². The van der Waals surface area contributed by atoms with Gasteiger partial charge in [0.25, 0.3) is 5.91 Å². The highest BCUT2D eigenvalue weighted by Crippen LogP contribution is 2.16. The third-order valence-electron chi connectivity index (χ3n) is 2.75. The van der Waals surface area contributed by atoms with Crippen molar-refractivity contribution in [3.63, 3.8) is 0 Å². The molecule has 1 heterocycles. The Balaban J connectivity index is 2.36. The average molecular weight is 286 g/mol. The summed E-state index contributed by atoms with van der Waals surface area (Å²) in [4.78, 5) is 27.8. The number of hydrogen-bond acceptors (Lipinski definition) is 3. The first-order chi connectivity index (χ1) is 9.67. The van der Waals surface area contributed by atoms with Crippen LogP contribution in [0.3, 0.4) is 0 Å². The maximum atomic E-state index is 12.3. The summed E-state index contributed by atoms with van der Waals surface area (Å²) in [6, 6.07) is 9.01. The molecule has 0 fully saturated rings. The Hall–Kier alpha value is -2.27. The van der Waals surface area contributed by atoms with E-state index in [0.717, 1.165) is 0 Å². The normalized spacial score (nSPS) is 10.1. The smallest absolute Gasteiger partial charge is 0.261 e. The molecule has 1 amide bonds. The first-order valence-electron chi connectivity index (χ1n) is 5.96. The molecule has 102 valence electrons. The van der Waals surface area contributed by atoms with Crippen LogP contribution < -0.4 is 10.7 Å². The second kappa shape index (κ2) is 6.25. The number of carbonyl (C=O) groups is 1. The highest BCUT2D eigenvalue weighted by Gasteiger charge is 2.15. The topological polar surface area (TPSA) is 62.0 Å². The number of anilines is 1. The number of hydrogen-bond donors (Lipinski definition) is 2. The predicted octanol–water partition coefficient (Wildman–Crippen LogP) is 2.99. The number of amides is 1. The van der Waals surface area contributed by atoms with Crippen molar-refractivity contribution in [3.8, 4) is 0 Å². The molecule has 4 nitrogen and oxygen atoms in total. The lowest BCUT2D eigenvalue weighted by molar-refractivity contribution is 0.102. The second-order valence-electron chi connectivity index (χ2n) is 4.00. The molecule has 0 unspecified atom stereocenters. The van der Waals surface area contributed by atoms with E-state index in [1.54, 1.807) is 24.5 Å². The van der Waals surface area contributed by atoms with Gasteiger partial charge >= 0.3 is 0 Å². The molecule has 0 saturated carbocycles. The van der Waals surface area contributed by atoms with Gasteiger partial charge in [0.15, 0.2) is 0 Å². The van der Waals surface area contributed by atoms with E-state index in [1.807, 2.05) is 18.2 Å². The van der Waals surface area contributed by atoms with Gasteiger partial charge in [-0.15, -0.1) is 11.8 Å². The van der Waals surface area contributed by atoms with Gasteiger partial charge in [-0.25, -0.2) is 0 Å². The van der Waals surface area contributed by atoms with Gasteiger partial charge in [0, 0.05) is 11.9 Å². The molecular formula is C15H14N2O2S. The van der Waals surface area contributed by atoms with Crippen LogP contribution in [0.1, 0.15) is 16.1 Å². The molecule has 0 radical (unpaired) electrons. The Labute approximate surface area is 120 Å². The number of carbonyl (C=O) groups excluding carboxylic acids is 1. The summed E-state index contributed by atoms with van der Waals surface area (Å²) in [5.74, 6) is -0.427. The molecule has 2 aromatic rings. The monoisotopic (exact) mass is 286 g/mol. The fourth-order valence-corrected chi connectivity index (χ4v) is 2.43. The van der Waals surface area contributed by atoms with Gasteiger partial charge in [-0.1, -0.05) is 24.8 Å². The first-order valence-corrected chi connectivity index (χ1v) is 7.18. The standard InChI is InChI=1S/C15H14N2O2S/c1-3-12-14(20-2)13(18)11(9-16-12)15(19)17-10-7-5-4-6-8-10/h3-9H,1H2,2H3,(H,16,18)(H,17,19). The zero-order chi connectivity index (χ0) is 14.5. The van der Waals surface area contributed by atoms with Gasteiger partial charge in [-0.2, -0.15) is 0 Å². The van der Waals surface area contributed by atoms with E-state index >= 15 is 0 Å². The molecule has 2 N–H and O–H groups in total. The third kappa shape index (κ3) is 2.83. The number of nitrogens with one attached hydrogen (secondary N) is 2. The Bertz CT molecular complexity index is 693. The number of aromatic amines is 1. The number of rotatable bonds is 4. The first kappa shape index (κ1) is 14.1. The van der Waals surface area contributed by atoms with Crippen LogP contribution in [0.25, 0.3) is 6.08 Å². The Kier molecular flexibility index (Phi) is 4.42. The zero-order valence-corrected chi connectivity index (χ0v) is 11.8. The summed E-state index contributed by atoms with van der Waals surface area (Å²) in [5.41, 5.74) is 1.07. The summed E-state index contributed by atoms with van der Waals surface area (Å²) in [6.07, 6.45) is 4.76. The number of para-hydroxylation sites is 1. The SMILES string of the molecule is C=Cc1[nH]cc(C(=O)Nc2ccccc2)c(=O)c1SC. The van der Waals surface area contributed by atoms with Crippen molar-refractivity contribution in [1.82, 2.24) is 4.98 Å². The minimum atomic E-state index is -0.427. The summed E-state index contributed by atoms with van der Waals surface area (Å²) in [6.45, 7) is 3.64. The fourth-order valence-electron chi connectivity index (χ4n) is 1.77. The number of aromatic nitrogens is 1. The van der Waals surface area contributed by atoms with E-state index in [4.69, 9.17) is 0 Å². The second-order valence-corrected chi connectivity index (χ2v) is 4.82. The lowest BCUT2D eigenvalue weighted by atomic mass is 10.2. The van der Waals surface area contributed by atoms with E-state index in [1.165, 1.54) is 18.0 Å². The molecule has 0 aliphatic carbocycles. The third-order valence-corrected chi connectivity index (χ3v) is 3.57. The molecule has 2 rings (SSSR count). The number of H-pyrrole nitrogens is 1. The van der Waals surface area contributed by atoms with Crippen LogP contribution in [-0.2, 0) is 0 Å².